The second-order valence-corrected chi connectivity index (χ2v) is 1.59. The van der Waals surface area contributed by atoms with Crippen molar-refractivity contribution in [1.82, 2.24) is 0 Å². The maximum Gasteiger partial charge on any atom is 0.177 e. The lowest BCUT2D eigenvalue weighted by Crippen LogP contribution is -2.16. The van der Waals surface area contributed by atoms with Crippen LogP contribution in [0.15, 0.2) is 5.16 Å². The minimum absolute atomic E-state index is 0.0808. The van der Waals surface area contributed by atoms with Crippen LogP contribution in [0.4, 0.5) is 0 Å². The summed E-state index contributed by atoms with van der Waals surface area (Å²) >= 11 is 0. The van der Waals surface area contributed by atoms with Crippen molar-refractivity contribution in [2.75, 3.05) is 6.61 Å². The Bertz CT molecular complexity index is 124. The molecule has 0 rings (SSSR count). The van der Waals surface area contributed by atoms with E-state index < -0.39 is 0 Å². The van der Waals surface area contributed by atoms with E-state index in [0.29, 0.717) is 0 Å². The van der Waals surface area contributed by atoms with Crippen LogP contribution in [-0.2, 0) is 4.84 Å². The van der Waals surface area contributed by atoms with Crippen LogP contribution in [0.25, 0.3) is 0 Å². The van der Waals surface area contributed by atoms with Crippen LogP contribution in [0.3, 0.4) is 0 Å². The number of oxime groups is 1. The fourth-order valence-electron chi connectivity index (χ4n) is 0.214. The standard InChI is InChI=1S/C6H10N2O/c1-3-4-9-8-5-6(2)7/h1,5-6H,4,7H2,2H3. The van der Waals surface area contributed by atoms with Crippen LogP contribution in [0.5, 0.6) is 0 Å². The van der Waals surface area contributed by atoms with Gasteiger partial charge in [-0.3, -0.25) is 0 Å². The van der Waals surface area contributed by atoms with Gasteiger partial charge in [-0.2, -0.15) is 0 Å². The molecule has 0 aliphatic carbocycles. The molecule has 0 heterocycles. The normalized spacial score (nSPS) is 13.0. The van der Waals surface area contributed by atoms with Crippen molar-refractivity contribution < 1.29 is 4.84 Å². The zero-order chi connectivity index (χ0) is 7.11. The zero-order valence-electron chi connectivity index (χ0n) is 5.37. The Kier molecular flexibility index (Phi) is 4.56. The van der Waals surface area contributed by atoms with Crippen molar-refractivity contribution in [3.63, 3.8) is 0 Å². The van der Waals surface area contributed by atoms with Crippen molar-refractivity contribution in [1.29, 1.82) is 0 Å². The Balaban J connectivity index is 3.17. The van der Waals surface area contributed by atoms with Crippen molar-refractivity contribution >= 4 is 6.21 Å². The first-order valence-corrected chi connectivity index (χ1v) is 2.62. The molecular weight excluding hydrogens is 116 g/mol. The molecule has 3 heteroatoms. The van der Waals surface area contributed by atoms with Gasteiger partial charge in [-0.15, -0.1) is 6.42 Å². The molecule has 2 N–H and O–H groups in total. The van der Waals surface area contributed by atoms with Crippen LogP contribution >= 0.6 is 0 Å². The average molecular weight is 126 g/mol. The molecule has 3 nitrogen and oxygen atoms in total. The first-order valence-electron chi connectivity index (χ1n) is 2.62. The van der Waals surface area contributed by atoms with E-state index in [-0.39, 0.29) is 12.6 Å². The molecule has 0 aromatic carbocycles. The quantitative estimate of drug-likeness (QED) is 0.250. The largest absolute Gasteiger partial charge is 0.383 e. The third-order valence-electron chi connectivity index (χ3n) is 0.518. The second-order valence-electron chi connectivity index (χ2n) is 1.59. The van der Waals surface area contributed by atoms with Gasteiger partial charge in [0.25, 0.3) is 0 Å². The molecule has 1 atom stereocenters. The number of hydrogen-bond donors (Lipinski definition) is 1. The van der Waals surface area contributed by atoms with Crippen LogP contribution in [0, 0.1) is 12.3 Å². The number of hydrogen-bond acceptors (Lipinski definition) is 3. The van der Waals surface area contributed by atoms with Gasteiger partial charge in [0.15, 0.2) is 6.61 Å². The fraction of sp³-hybridized carbons (Fsp3) is 0.500. The van der Waals surface area contributed by atoms with Gasteiger partial charge in [-0.1, -0.05) is 11.1 Å². The van der Waals surface area contributed by atoms with Gasteiger partial charge in [0.05, 0.1) is 6.21 Å². The van der Waals surface area contributed by atoms with Gasteiger partial charge in [-0.25, -0.2) is 0 Å². The first kappa shape index (κ1) is 7.99. The Labute approximate surface area is 54.9 Å². The summed E-state index contributed by atoms with van der Waals surface area (Å²) < 4.78 is 0. The molecule has 0 aromatic heterocycles. The summed E-state index contributed by atoms with van der Waals surface area (Å²) in [6.07, 6.45) is 6.35. The smallest absolute Gasteiger partial charge is 0.177 e. The van der Waals surface area contributed by atoms with Crippen molar-refractivity contribution in [3.8, 4) is 12.3 Å². The van der Waals surface area contributed by atoms with Crippen LogP contribution < -0.4 is 5.73 Å². The predicted octanol–water partition coefficient (Wildman–Crippen LogP) is -0.0308. The Morgan fingerprint density at radius 3 is 3.11 bits per heavy atom. The van der Waals surface area contributed by atoms with Gasteiger partial charge in [0.2, 0.25) is 0 Å². The summed E-state index contributed by atoms with van der Waals surface area (Å²) in [5.41, 5.74) is 5.29. The van der Waals surface area contributed by atoms with Gasteiger partial charge in [0.1, 0.15) is 0 Å². The highest BCUT2D eigenvalue weighted by Gasteiger charge is 1.82. The number of nitrogens with two attached hydrogens (primary N) is 1. The topological polar surface area (TPSA) is 47.6 Å². The Hall–Kier alpha value is -1.01. The first-order chi connectivity index (χ1) is 4.27. The minimum Gasteiger partial charge on any atom is -0.383 e. The number of nitrogens with zero attached hydrogens (tertiary/aromatic N) is 1. The highest BCUT2D eigenvalue weighted by molar-refractivity contribution is 5.62. The molecule has 9 heavy (non-hydrogen) atoms. The highest BCUT2D eigenvalue weighted by atomic mass is 16.6. The lowest BCUT2D eigenvalue weighted by Gasteiger charge is -1.92. The summed E-state index contributed by atoms with van der Waals surface area (Å²) in [5, 5.41) is 3.47. The molecule has 50 valence electrons. The molecule has 0 spiro atoms. The fourth-order valence-corrected chi connectivity index (χ4v) is 0.214. The Morgan fingerprint density at radius 1 is 2.00 bits per heavy atom. The van der Waals surface area contributed by atoms with Gasteiger partial charge < -0.3 is 10.6 Å². The molecule has 1 unspecified atom stereocenters. The molecule has 0 amide bonds. The van der Waals surface area contributed by atoms with E-state index in [4.69, 9.17) is 12.2 Å². The third-order valence-corrected chi connectivity index (χ3v) is 0.518. The molecule has 0 aliphatic rings. The van der Waals surface area contributed by atoms with Gasteiger partial charge in [0, 0.05) is 6.04 Å². The summed E-state index contributed by atoms with van der Waals surface area (Å²) in [4.78, 5) is 4.55. The molecular formula is C6H10N2O. The molecule has 0 radical (unpaired) electrons. The molecule has 0 bridgehead atoms. The minimum atomic E-state index is -0.0808. The van der Waals surface area contributed by atoms with Gasteiger partial charge >= 0.3 is 0 Å². The molecule has 0 saturated carbocycles. The maximum absolute atomic E-state index is 5.29. The number of terminal acetylenes is 1. The van der Waals surface area contributed by atoms with Crippen LogP contribution in [0.2, 0.25) is 0 Å². The van der Waals surface area contributed by atoms with E-state index in [1.165, 1.54) is 6.21 Å². The highest BCUT2D eigenvalue weighted by Crippen LogP contribution is 1.73. The van der Waals surface area contributed by atoms with E-state index in [2.05, 4.69) is 15.9 Å². The van der Waals surface area contributed by atoms with E-state index in [9.17, 15) is 0 Å². The van der Waals surface area contributed by atoms with Crippen molar-refractivity contribution in [2.45, 2.75) is 13.0 Å². The summed E-state index contributed by atoms with van der Waals surface area (Å²) in [6, 6.07) is -0.0808. The maximum atomic E-state index is 5.29. The summed E-state index contributed by atoms with van der Waals surface area (Å²) in [7, 11) is 0. The monoisotopic (exact) mass is 126 g/mol. The lowest BCUT2D eigenvalue weighted by molar-refractivity contribution is 0.180. The summed E-state index contributed by atoms with van der Waals surface area (Å²) in [5.74, 6) is 2.26. The van der Waals surface area contributed by atoms with Gasteiger partial charge in [-0.05, 0) is 6.92 Å². The summed E-state index contributed by atoms with van der Waals surface area (Å²) in [6.45, 7) is 1.99. The molecule has 0 aromatic rings. The number of rotatable bonds is 3. The SMILES string of the molecule is C#CCON=CC(C)N. The van der Waals surface area contributed by atoms with E-state index in [1.807, 2.05) is 0 Å². The average Bonchev–Trinajstić information content (AvgIpc) is 1.80. The molecule has 0 saturated heterocycles. The van der Waals surface area contributed by atoms with Crippen molar-refractivity contribution in [2.24, 2.45) is 10.9 Å². The van der Waals surface area contributed by atoms with E-state index in [1.54, 1.807) is 6.92 Å². The van der Waals surface area contributed by atoms with E-state index in [0.717, 1.165) is 0 Å². The third kappa shape index (κ3) is 6.99. The Morgan fingerprint density at radius 2 is 2.67 bits per heavy atom. The molecule has 0 fully saturated rings. The lowest BCUT2D eigenvalue weighted by atomic mass is 10.4. The molecule has 0 aliphatic heterocycles. The predicted molar refractivity (Wildman–Crippen MR) is 36.9 cm³/mol. The van der Waals surface area contributed by atoms with Crippen LogP contribution in [-0.4, -0.2) is 18.9 Å². The van der Waals surface area contributed by atoms with E-state index >= 15 is 0 Å². The van der Waals surface area contributed by atoms with Crippen LogP contribution in [0.1, 0.15) is 6.92 Å². The van der Waals surface area contributed by atoms with Crippen molar-refractivity contribution in [3.05, 3.63) is 0 Å². The second kappa shape index (κ2) is 5.13. The zero-order valence-corrected chi connectivity index (χ0v) is 5.37.